The van der Waals surface area contributed by atoms with E-state index < -0.39 is 30.8 Å². The molecule has 19 heavy (non-hydrogen) atoms. The van der Waals surface area contributed by atoms with Crippen LogP contribution in [0.3, 0.4) is 0 Å². The topological polar surface area (TPSA) is 38.0 Å². The van der Waals surface area contributed by atoms with Crippen molar-refractivity contribution < 1.29 is 31.4 Å². The van der Waals surface area contributed by atoms with E-state index in [-0.39, 0.29) is 5.69 Å². The van der Waals surface area contributed by atoms with Crippen molar-refractivity contribution in [3.05, 3.63) is 17.5 Å². The second-order valence-electron chi connectivity index (χ2n) is 4.23. The number of aromatic nitrogens is 2. The zero-order chi connectivity index (χ0) is 15.0. The minimum Gasteiger partial charge on any atom is -0.392 e. The van der Waals surface area contributed by atoms with Gasteiger partial charge in [0, 0.05) is 19.2 Å². The van der Waals surface area contributed by atoms with Gasteiger partial charge in [-0.1, -0.05) is 0 Å². The average molecular weight is 290 g/mol. The molecule has 0 aliphatic carbocycles. The van der Waals surface area contributed by atoms with Gasteiger partial charge in [0.05, 0.1) is 11.8 Å². The van der Waals surface area contributed by atoms with E-state index in [0.717, 1.165) is 4.68 Å². The predicted octanol–water partition coefficient (Wildman–Crippen LogP) is 2.37. The average Bonchev–Trinajstić information content (AvgIpc) is 2.38. The summed E-state index contributed by atoms with van der Waals surface area (Å²) in [5.41, 5.74) is 0.545. The molecule has 1 rings (SSSR count). The maximum absolute atomic E-state index is 12.4. The van der Waals surface area contributed by atoms with Crippen LogP contribution in [0.5, 0.6) is 0 Å². The predicted molar refractivity (Wildman–Crippen MR) is 53.3 cm³/mol. The summed E-state index contributed by atoms with van der Waals surface area (Å²) in [4.78, 5) is 0. The molecule has 0 saturated carbocycles. The summed E-state index contributed by atoms with van der Waals surface area (Å²) >= 11 is 0. The van der Waals surface area contributed by atoms with Crippen LogP contribution >= 0.6 is 0 Å². The Morgan fingerprint density at radius 2 is 1.68 bits per heavy atom. The number of hydrogen-bond donors (Lipinski definition) is 1. The first-order valence-electron chi connectivity index (χ1n) is 5.24. The fourth-order valence-corrected chi connectivity index (χ4v) is 1.81. The Hall–Kier alpha value is -1.25. The summed E-state index contributed by atoms with van der Waals surface area (Å²) in [5.74, 6) is -3.77. The smallest absolute Gasteiger partial charge is 0.392 e. The van der Waals surface area contributed by atoms with E-state index in [1.54, 1.807) is 6.92 Å². The SMILES string of the molecule is Cc1cc(CC(O)C(C(F)(F)F)C(F)(F)F)n(C)n1. The Bertz CT molecular complexity index is 422. The highest BCUT2D eigenvalue weighted by Gasteiger charge is 2.60. The third-order valence-corrected chi connectivity index (χ3v) is 2.61. The van der Waals surface area contributed by atoms with Crippen molar-refractivity contribution in [2.24, 2.45) is 13.0 Å². The van der Waals surface area contributed by atoms with Gasteiger partial charge in [0.15, 0.2) is 5.92 Å². The highest BCUT2D eigenvalue weighted by Crippen LogP contribution is 2.42. The van der Waals surface area contributed by atoms with Crippen molar-refractivity contribution in [2.75, 3.05) is 0 Å². The Balaban J connectivity index is 2.96. The highest BCUT2D eigenvalue weighted by atomic mass is 19.4. The van der Waals surface area contributed by atoms with Crippen molar-refractivity contribution >= 4 is 0 Å². The Labute approximate surface area is 104 Å². The van der Waals surface area contributed by atoms with E-state index in [1.165, 1.54) is 13.1 Å². The van der Waals surface area contributed by atoms with E-state index in [2.05, 4.69) is 5.10 Å². The van der Waals surface area contributed by atoms with Gasteiger partial charge >= 0.3 is 12.4 Å². The maximum Gasteiger partial charge on any atom is 0.403 e. The number of nitrogens with zero attached hydrogens (tertiary/aromatic N) is 2. The van der Waals surface area contributed by atoms with Crippen LogP contribution in [-0.2, 0) is 13.5 Å². The van der Waals surface area contributed by atoms with E-state index in [4.69, 9.17) is 0 Å². The van der Waals surface area contributed by atoms with E-state index in [1.807, 2.05) is 0 Å². The van der Waals surface area contributed by atoms with Gasteiger partial charge in [0.1, 0.15) is 0 Å². The minimum atomic E-state index is -5.55. The molecule has 9 heteroatoms. The van der Waals surface area contributed by atoms with E-state index in [0.29, 0.717) is 5.69 Å². The molecule has 1 atom stereocenters. The number of aryl methyl sites for hydroxylation is 2. The van der Waals surface area contributed by atoms with Crippen LogP contribution < -0.4 is 0 Å². The standard InChI is InChI=1S/C10H12F6N2O/c1-5-3-6(18(2)17-5)4-7(19)8(9(11,12)13)10(14,15)16/h3,7-8,19H,4H2,1-2H3. The molecule has 0 fully saturated rings. The van der Waals surface area contributed by atoms with Gasteiger partial charge in [-0.25, -0.2) is 0 Å². The molecule has 0 aliphatic heterocycles. The summed E-state index contributed by atoms with van der Waals surface area (Å²) in [7, 11) is 1.38. The molecular formula is C10H12F6N2O. The van der Waals surface area contributed by atoms with Crippen molar-refractivity contribution in [1.82, 2.24) is 9.78 Å². The molecule has 1 heterocycles. The molecule has 0 amide bonds. The third-order valence-electron chi connectivity index (χ3n) is 2.61. The summed E-state index contributed by atoms with van der Waals surface area (Å²) in [6, 6.07) is 1.33. The van der Waals surface area contributed by atoms with Crippen LogP contribution in [0.15, 0.2) is 6.07 Å². The van der Waals surface area contributed by atoms with Crippen LogP contribution in [0.25, 0.3) is 0 Å². The minimum absolute atomic E-state index is 0.100. The number of alkyl halides is 6. The lowest BCUT2D eigenvalue weighted by Crippen LogP contribution is -2.45. The Morgan fingerprint density at radius 3 is 2.00 bits per heavy atom. The number of aliphatic hydroxyl groups excluding tert-OH is 1. The molecule has 1 aromatic rings. The van der Waals surface area contributed by atoms with E-state index in [9.17, 15) is 31.4 Å². The van der Waals surface area contributed by atoms with Gasteiger partial charge < -0.3 is 5.11 Å². The molecule has 0 aromatic carbocycles. The van der Waals surface area contributed by atoms with E-state index >= 15 is 0 Å². The third kappa shape index (κ3) is 3.85. The summed E-state index contributed by atoms with van der Waals surface area (Å²) in [5, 5.41) is 13.1. The molecule has 1 aromatic heterocycles. The van der Waals surface area contributed by atoms with Gasteiger partial charge in [-0.15, -0.1) is 0 Å². The van der Waals surface area contributed by atoms with Crippen LogP contribution in [-0.4, -0.2) is 33.3 Å². The summed E-state index contributed by atoms with van der Waals surface area (Å²) in [6.45, 7) is 1.54. The Morgan fingerprint density at radius 1 is 1.21 bits per heavy atom. The zero-order valence-electron chi connectivity index (χ0n) is 10.0. The van der Waals surface area contributed by atoms with Gasteiger partial charge in [0.25, 0.3) is 0 Å². The van der Waals surface area contributed by atoms with Crippen LogP contribution in [0, 0.1) is 12.8 Å². The highest BCUT2D eigenvalue weighted by molar-refractivity contribution is 5.10. The molecule has 0 spiro atoms. The van der Waals surface area contributed by atoms with Crippen molar-refractivity contribution in [2.45, 2.75) is 31.8 Å². The number of rotatable bonds is 3. The van der Waals surface area contributed by atoms with Crippen LogP contribution in [0.1, 0.15) is 11.4 Å². The lowest BCUT2D eigenvalue weighted by atomic mass is 9.97. The Kier molecular flexibility index (Phi) is 4.18. The first kappa shape index (κ1) is 15.8. The lowest BCUT2D eigenvalue weighted by molar-refractivity contribution is -0.305. The molecule has 0 bridgehead atoms. The van der Waals surface area contributed by atoms with Crippen molar-refractivity contribution in [3.8, 4) is 0 Å². The molecule has 1 unspecified atom stereocenters. The largest absolute Gasteiger partial charge is 0.403 e. The molecule has 3 nitrogen and oxygen atoms in total. The normalized spacial score (nSPS) is 15.1. The molecule has 0 radical (unpaired) electrons. The number of aliphatic hydroxyl groups is 1. The molecular weight excluding hydrogens is 278 g/mol. The van der Waals surface area contributed by atoms with Crippen molar-refractivity contribution in [3.63, 3.8) is 0 Å². The fourth-order valence-electron chi connectivity index (χ4n) is 1.81. The number of hydrogen-bond acceptors (Lipinski definition) is 2. The first-order valence-corrected chi connectivity index (χ1v) is 5.24. The molecule has 0 aliphatic rings. The first-order chi connectivity index (χ1) is 8.43. The van der Waals surface area contributed by atoms with Gasteiger partial charge in [0.2, 0.25) is 0 Å². The number of halogens is 6. The zero-order valence-corrected chi connectivity index (χ0v) is 10.0. The quantitative estimate of drug-likeness (QED) is 0.868. The van der Waals surface area contributed by atoms with Gasteiger partial charge in [-0.2, -0.15) is 31.4 Å². The molecule has 110 valence electrons. The van der Waals surface area contributed by atoms with Gasteiger partial charge in [-0.3, -0.25) is 4.68 Å². The molecule has 0 saturated heterocycles. The second kappa shape index (κ2) is 5.03. The fraction of sp³-hybridized carbons (Fsp3) is 0.700. The monoisotopic (exact) mass is 290 g/mol. The van der Waals surface area contributed by atoms with Crippen LogP contribution in [0.4, 0.5) is 26.3 Å². The lowest BCUT2D eigenvalue weighted by Gasteiger charge is -2.27. The second-order valence-corrected chi connectivity index (χ2v) is 4.23. The summed E-state index contributed by atoms with van der Waals surface area (Å²) in [6.07, 6.45) is -14.5. The van der Waals surface area contributed by atoms with Gasteiger partial charge in [-0.05, 0) is 13.0 Å². The maximum atomic E-state index is 12.4. The van der Waals surface area contributed by atoms with Crippen LogP contribution in [0.2, 0.25) is 0 Å². The summed E-state index contributed by atoms with van der Waals surface area (Å²) < 4.78 is 75.4. The molecule has 1 N–H and O–H groups in total. The van der Waals surface area contributed by atoms with Crippen molar-refractivity contribution in [1.29, 1.82) is 0 Å².